The molecule has 1 atom stereocenters. The van der Waals surface area contributed by atoms with E-state index in [2.05, 4.69) is 5.32 Å². The second-order valence-corrected chi connectivity index (χ2v) is 4.31. The Bertz CT molecular complexity index is 379. The molecule has 88 valence electrons. The third kappa shape index (κ3) is 4.08. The molecule has 0 saturated heterocycles. The normalized spacial score (nSPS) is 14.2. The van der Waals surface area contributed by atoms with E-state index in [1.165, 1.54) is 6.92 Å². The number of carboxylic acids is 1. The van der Waals surface area contributed by atoms with Gasteiger partial charge in [0.05, 0.1) is 22.7 Å². The van der Waals surface area contributed by atoms with Crippen LogP contribution < -0.4 is 5.32 Å². The topological polar surface area (TPSA) is 69.6 Å². The Morgan fingerprint density at radius 3 is 2.69 bits per heavy atom. The van der Waals surface area contributed by atoms with Crippen molar-refractivity contribution in [2.24, 2.45) is 0 Å². The molecule has 0 amide bonds. The molecule has 0 radical (unpaired) electrons. The minimum absolute atomic E-state index is 0.128. The molecule has 3 N–H and O–H groups in total. The number of hydrogen-bond donors (Lipinski definition) is 3. The van der Waals surface area contributed by atoms with Gasteiger partial charge in [0.15, 0.2) is 0 Å². The van der Waals surface area contributed by atoms with Crippen molar-refractivity contribution in [1.82, 2.24) is 0 Å². The molecule has 0 aliphatic heterocycles. The van der Waals surface area contributed by atoms with E-state index >= 15 is 0 Å². The van der Waals surface area contributed by atoms with E-state index in [0.29, 0.717) is 10.7 Å². The summed E-state index contributed by atoms with van der Waals surface area (Å²) in [6.45, 7) is 1.59. The van der Waals surface area contributed by atoms with E-state index in [0.717, 1.165) is 0 Å². The van der Waals surface area contributed by atoms with Crippen LogP contribution in [-0.2, 0) is 4.79 Å². The van der Waals surface area contributed by atoms with Crippen LogP contribution in [-0.4, -0.2) is 28.3 Å². The van der Waals surface area contributed by atoms with E-state index in [1.54, 1.807) is 24.3 Å². The second kappa shape index (κ2) is 5.18. The number of rotatable bonds is 5. The maximum Gasteiger partial charge on any atom is 0.306 e. The standard InChI is InChI=1S/C11H14ClNO3/c1-11(16,6-10(14)15)7-13-9-5-3-2-4-8(9)12/h2-5,13,16H,6-7H2,1H3,(H,14,15). The molecule has 1 aromatic rings. The molecule has 4 nitrogen and oxygen atoms in total. The Labute approximate surface area is 98.9 Å². The van der Waals surface area contributed by atoms with Crippen LogP contribution in [0.15, 0.2) is 24.3 Å². The van der Waals surface area contributed by atoms with E-state index in [-0.39, 0.29) is 13.0 Å². The van der Waals surface area contributed by atoms with Crippen LogP contribution in [0.4, 0.5) is 5.69 Å². The maximum atomic E-state index is 10.5. The fourth-order valence-electron chi connectivity index (χ4n) is 1.28. The van der Waals surface area contributed by atoms with Gasteiger partial charge in [-0.25, -0.2) is 0 Å². The van der Waals surface area contributed by atoms with Crippen LogP contribution in [0.3, 0.4) is 0 Å². The van der Waals surface area contributed by atoms with Gasteiger partial charge in [-0.15, -0.1) is 0 Å². The molecule has 1 unspecified atom stereocenters. The number of aliphatic carboxylic acids is 1. The number of aliphatic hydroxyl groups is 1. The summed E-state index contributed by atoms with van der Waals surface area (Å²) >= 11 is 5.90. The summed E-state index contributed by atoms with van der Waals surface area (Å²) in [4.78, 5) is 10.5. The number of hydrogen-bond acceptors (Lipinski definition) is 3. The van der Waals surface area contributed by atoms with Crippen LogP contribution in [0.2, 0.25) is 5.02 Å². The second-order valence-electron chi connectivity index (χ2n) is 3.90. The van der Waals surface area contributed by atoms with Crippen molar-refractivity contribution in [2.75, 3.05) is 11.9 Å². The summed E-state index contributed by atoms with van der Waals surface area (Å²) in [6, 6.07) is 7.08. The Morgan fingerprint density at radius 1 is 1.50 bits per heavy atom. The highest BCUT2D eigenvalue weighted by Gasteiger charge is 2.23. The lowest BCUT2D eigenvalue weighted by Gasteiger charge is -2.22. The molecule has 5 heteroatoms. The van der Waals surface area contributed by atoms with Crippen LogP contribution >= 0.6 is 11.6 Å². The fourth-order valence-corrected chi connectivity index (χ4v) is 1.48. The lowest BCUT2D eigenvalue weighted by molar-refractivity contribution is -0.141. The number of carbonyl (C=O) groups is 1. The Hall–Kier alpha value is -1.26. The average Bonchev–Trinajstić information content (AvgIpc) is 2.14. The van der Waals surface area contributed by atoms with Gasteiger partial charge in [0.2, 0.25) is 0 Å². The fraction of sp³-hybridized carbons (Fsp3) is 0.364. The molecule has 0 aromatic heterocycles. The quantitative estimate of drug-likeness (QED) is 0.740. The van der Waals surface area contributed by atoms with E-state index in [1.807, 2.05) is 0 Å². The van der Waals surface area contributed by atoms with Crippen molar-refractivity contribution in [2.45, 2.75) is 18.9 Å². The molecule has 1 aromatic carbocycles. The molecule has 1 rings (SSSR count). The first-order chi connectivity index (χ1) is 7.41. The largest absolute Gasteiger partial charge is 0.481 e. The van der Waals surface area contributed by atoms with Crippen LogP contribution in [0.1, 0.15) is 13.3 Å². The predicted molar refractivity (Wildman–Crippen MR) is 62.8 cm³/mol. The molecule has 0 aliphatic carbocycles. The molecule has 16 heavy (non-hydrogen) atoms. The highest BCUT2D eigenvalue weighted by atomic mass is 35.5. The van der Waals surface area contributed by atoms with Crippen molar-refractivity contribution in [3.8, 4) is 0 Å². The van der Waals surface area contributed by atoms with Crippen molar-refractivity contribution in [3.63, 3.8) is 0 Å². The first-order valence-electron chi connectivity index (χ1n) is 4.83. The average molecular weight is 244 g/mol. The molecular weight excluding hydrogens is 230 g/mol. The van der Waals surface area contributed by atoms with Crippen LogP contribution in [0.25, 0.3) is 0 Å². The van der Waals surface area contributed by atoms with Crippen molar-refractivity contribution in [1.29, 1.82) is 0 Å². The van der Waals surface area contributed by atoms with Gasteiger partial charge in [-0.2, -0.15) is 0 Å². The third-order valence-electron chi connectivity index (χ3n) is 2.07. The van der Waals surface area contributed by atoms with E-state index in [9.17, 15) is 9.90 Å². The van der Waals surface area contributed by atoms with Gasteiger partial charge in [0, 0.05) is 6.54 Å². The molecule has 0 saturated carbocycles. The summed E-state index contributed by atoms with van der Waals surface area (Å²) in [5, 5.41) is 21.8. The number of halogens is 1. The summed E-state index contributed by atoms with van der Waals surface area (Å²) in [5.74, 6) is -1.04. The minimum Gasteiger partial charge on any atom is -0.481 e. The summed E-state index contributed by atoms with van der Waals surface area (Å²) in [6.07, 6.45) is -0.315. The lowest BCUT2D eigenvalue weighted by atomic mass is 10.0. The van der Waals surface area contributed by atoms with Crippen molar-refractivity contribution in [3.05, 3.63) is 29.3 Å². The van der Waals surface area contributed by atoms with Crippen LogP contribution in [0.5, 0.6) is 0 Å². The van der Waals surface area contributed by atoms with Gasteiger partial charge in [-0.05, 0) is 19.1 Å². The number of benzene rings is 1. The zero-order chi connectivity index (χ0) is 12.2. The number of nitrogens with one attached hydrogen (secondary N) is 1. The number of para-hydroxylation sites is 1. The summed E-state index contributed by atoms with van der Waals surface area (Å²) in [7, 11) is 0. The molecule has 0 heterocycles. The molecule has 0 aliphatic rings. The minimum atomic E-state index is -1.30. The first kappa shape index (κ1) is 12.8. The van der Waals surface area contributed by atoms with Gasteiger partial charge >= 0.3 is 5.97 Å². The zero-order valence-electron chi connectivity index (χ0n) is 8.90. The first-order valence-corrected chi connectivity index (χ1v) is 5.21. The number of anilines is 1. The van der Waals surface area contributed by atoms with Crippen molar-refractivity contribution >= 4 is 23.3 Å². The summed E-state index contributed by atoms with van der Waals surface area (Å²) < 4.78 is 0. The summed E-state index contributed by atoms with van der Waals surface area (Å²) in [5.41, 5.74) is -0.625. The SMILES string of the molecule is CC(O)(CNc1ccccc1Cl)CC(=O)O. The Kier molecular flexibility index (Phi) is 4.15. The molecular formula is C11H14ClNO3. The maximum absolute atomic E-state index is 10.5. The third-order valence-corrected chi connectivity index (χ3v) is 2.40. The molecule has 0 spiro atoms. The lowest BCUT2D eigenvalue weighted by Crippen LogP contribution is -2.35. The van der Waals surface area contributed by atoms with Crippen LogP contribution in [0, 0.1) is 0 Å². The van der Waals surface area contributed by atoms with Crippen molar-refractivity contribution < 1.29 is 15.0 Å². The predicted octanol–water partition coefficient (Wildman–Crippen LogP) is 1.98. The highest BCUT2D eigenvalue weighted by Crippen LogP contribution is 2.21. The van der Waals surface area contributed by atoms with Gasteiger partial charge in [0.1, 0.15) is 0 Å². The Balaban J connectivity index is 2.57. The van der Waals surface area contributed by atoms with E-state index in [4.69, 9.17) is 16.7 Å². The van der Waals surface area contributed by atoms with Gasteiger partial charge in [0.25, 0.3) is 0 Å². The Morgan fingerprint density at radius 2 is 2.12 bits per heavy atom. The van der Waals surface area contributed by atoms with Gasteiger partial charge in [-0.1, -0.05) is 23.7 Å². The highest BCUT2D eigenvalue weighted by molar-refractivity contribution is 6.33. The zero-order valence-corrected chi connectivity index (χ0v) is 9.66. The monoisotopic (exact) mass is 243 g/mol. The molecule has 0 bridgehead atoms. The van der Waals surface area contributed by atoms with E-state index < -0.39 is 11.6 Å². The smallest absolute Gasteiger partial charge is 0.306 e. The number of carboxylic acid groups (broad SMARTS) is 1. The van der Waals surface area contributed by atoms with Gasteiger partial charge in [-0.3, -0.25) is 4.79 Å². The molecule has 0 fully saturated rings. The van der Waals surface area contributed by atoms with Gasteiger partial charge < -0.3 is 15.5 Å².